The number of hydrogen-bond acceptors (Lipinski definition) is 7. The van der Waals surface area contributed by atoms with Crippen LogP contribution < -0.4 is 15.8 Å². The van der Waals surface area contributed by atoms with Gasteiger partial charge in [0.15, 0.2) is 11.6 Å². The maximum atomic E-state index is 14.1. The van der Waals surface area contributed by atoms with Gasteiger partial charge in [0.25, 0.3) is 0 Å². The Morgan fingerprint density at radius 2 is 1.97 bits per heavy atom. The van der Waals surface area contributed by atoms with E-state index in [1.54, 1.807) is 19.9 Å². The molecule has 0 aliphatic carbocycles. The van der Waals surface area contributed by atoms with Crippen molar-refractivity contribution in [1.82, 2.24) is 5.32 Å². The maximum Gasteiger partial charge on any atom is 0.353 e. The minimum atomic E-state index is -1.41. The van der Waals surface area contributed by atoms with Crippen molar-refractivity contribution in [2.24, 2.45) is 11.1 Å². The summed E-state index contributed by atoms with van der Waals surface area (Å²) < 4.78 is 19.1. The summed E-state index contributed by atoms with van der Waals surface area (Å²) in [5.74, 6) is -4.18. The van der Waals surface area contributed by atoms with Crippen molar-refractivity contribution in [1.29, 1.82) is 5.41 Å². The van der Waals surface area contributed by atoms with Crippen LogP contribution in [0.25, 0.3) is 0 Å². The van der Waals surface area contributed by atoms with E-state index in [1.807, 2.05) is 0 Å². The summed E-state index contributed by atoms with van der Waals surface area (Å²) >= 11 is 1.05. The topological polar surface area (TPSA) is 163 Å². The summed E-state index contributed by atoms with van der Waals surface area (Å²) in [4.78, 5) is 36.6. The molecule has 0 radical (unpaired) electrons. The maximum absolute atomic E-state index is 14.1. The number of aliphatic hydroxyl groups is 1. The Balaban J connectivity index is 2.07. The second kappa shape index (κ2) is 9.67. The molecule has 6 N–H and O–H groups in total. The summed E-state index contributed by atoms with van der Waals surface area (Å²) in [6.07, 6.45) is 0.191. The Labute approximate surface area is 181 Å². The number of carboxylic acids is 1. The molecule has 1 aromatic heterocycles. The summed E-state index contributed by atoms with van der Waals surface area (Å²) in [5.41, 5.74) is 4.42. The molecule has 166 valence electrons. The first kappa shape index (κ1) is 24.0. The predicted molar refractivity (Wildman–Crippen MR) is 111 cm³/mol. The van der Waals surface area contributed by atoms with Gasteiger partial charge in [-0.1, -0.05) is 13.8 Å². The Kier molecular flexibility index (Phi) is 7.47. The van der Waals surface area contributed by atoms with E-state index in [0.29, 0.717) is 4.88 Å². The van der Waals surface area contributed by atoms with Gasteiger partial charge in [-0.05, 0) is 36.8 Å². The third-order valence-electron chi connectivity index (χ3n) is 4.33. The van der Waals surface area contributed by atoms with Crippen LogP contribution in [0.3, 0.4) is 0 Å². The minimum absolute atomic E-state index is 0.155. The van der Waals surface area contributed by atoms with Crippen molar-refractivity contribution < 1.29 is 33.7 Å². The summed E-state index contributed by atoms with van der Waals surface area (Å²) in [5, 5.41) is 27.6. The lowest BCUT2D eigenvalue weighted by atomic mass is 9.87. The van der Waals surface area contributed by atoms with Gasteiger partial charge in [0.05, 0.1) is 6.61 Å². The van der Waals surface area contributed by atoms with E-state index in [4.69, 9.17) is 26.1 Å². The van der Waals surface area contributed by atoms with Gasteiger partial charge in [-0.15, -0.1) is 11.3 Å². The highest BCUT2D eigenvalue weighted by Gasteiger charge is 2.32. The number of carbonyl (C=O) groups is 3. The summed E-state index contributed by atoms with van der Waals surface area (Å²) in [6, 6.07) is 5.23. The molecule has 2 rings (SSSR count). The SMILES string of the molecule is CC(C)(Cc1ccc(C(=O)Oc2ccc(C(=N)N)cc2F)s1)C(=O)N[C@@H](CO)C(=O)O. The van der Waals surface area contributed by atoms with Crippen molar-refractivity contribution in [2.75, 3.05) is 6.61 Å². The molecule has 1 atom stereocenters. The molecule has 0 saturated carbocycles. The fourth-order valence-electron chi connectivity index (χ4n) is 2.54. The smallest absolute Gasteiger partial charge is 0.353 e. The molecule has 1 amide bonds. The molecular formula is C20H22FN3O6S. The lowest BCUT2D eigenvalue weighted by molar-refractivity contribution is -0.144. The molecule has 1 aromatic carbocycles. The Bertz CT molecular complexity index is 1020. The van der Waals surface area contributed by atoms with E-state index in [0.717, 1.165) is 17.4 Å². The number of ether oxygens (including phenoxy) is 1. The molecule has 0 unspecified atom stereocenters. The molecule has 1 heterocycles. The first-order valence-corrected chi connectivity index (χ1v) is 9.85. The molecule has 9 nitrogen and oxygen atoms in total. The van der Waals surface area contributed by atoms with Gasteiger partial charge >= 0.3 is 11.9 Å². The second-order valence-corrected chi connectivity index (χ2v) is 8.49. The highest BCUT2D eigenvalue weighted by molar-refractivity contribution is 7.14. The van der Waals surface area contributed by atoms with Gasteiger partial charge in [0, 0.05) is 15.9 Å². The molecule has 0 bridgehead atoms. The molecule has 0 fully saturated rings. The number of nitrogens with one attached hydrogen (secondary N) is 2. The second-order valence-electron chi connectivity index (χ2n) is 7.32. The standard InChI is InChI=1S/C20H22FN3O6S/c1-20(2,19(29)24-13(9-25)17(26)27)8-11-4-6-15(31-11)18(28)30-14-5-3-10(16(22)23)7-12(14)21/h3-7,13,25H,8-9H2,1-2H3,(H3,22,23)(H,24,29)(H,26,27)/t13-/m0/s1. The average molecular weight is 451 g/mol. The third kappa shape index (κ3) is 6.09. The molecule has 0 spiro atoms. The van der Waals surface area contributed by atoms with Gasteiger partial charge in [-0.3, -0.25) is 10.2 Å². The molecule has 0 saturated heterocycles. The number of amides is 1. The van der Waals surface area contributed by atoms with E-state index >= 15 is 0 Å². The highest BCUT2D eigenvalue weighted by Crippen LogP contribution is 2.28. The van der Waals surface area contributed by atoms with E-state index < -0.39 is 41.7 Å². The number of esters is 1. The number of halogens is 1. The van der Waals surface area contributed by atoms with Crippen molar-refractivity contribution >= 4 is 35.0 Å². The van der Waals surface area contributed by atoms with Gasteiger partial charge in [0.2, 0.25) is 5.91 Å². The molecule has 11 heteroatoms. The molecule has 31 heavy (non-hydrogen) atoms. The Morgan fingerprint density at radius 1 is 1.29 bits per heavy atom. The fraction of sp³-hybridized carbons (Fsp3) is 0.300. The van der Waals surface area contributed by atoms with Crippen LogP contribution in [0.2, 0.25) is 0 Å². The number of thiophene rings is 1. The van der Waals surface area contributed by atoms with Gasteiger partial charge in [-0.25, -0.2) is 14.0 Å². The van der Waals surface area contributed by atoms with Crippen LogP contribution in [0.5, 0.6) is 5.75 Å². The molecule has 0 aliphatic rings. The van der Waals surface area contributed by atoms with Crippen molar-refractivity contribution in [3.8, 4) is 5.75 Å². The van der Waals surface area contributed by atoms with Crippen LogP contribution in [-0.4, -0.2) is 46.5 Å². The van der Waals surface area contributed by atoms with Crippen molar-refractivity contribution in [3.63, 3.8) is 0 Å². The number of rotatable bonds is 9. The lowest BCUT2D eigenvalue weighted by Gasteiger charge is -2.24. The monoisotopic (exact) mass is 451 g/mol. The van der Waals surface area contributed by atoms with Crippen LogP contribution in [0.4, 0.5) is 4.39 Å². The number of benzene rings is 1. The summed E-state index contributed by atoms with van der Waals surface area (Å²) in [6.45, 7) is 2.46. The zero-order valence-corrected chi connectivity index (χ0v) is 17.6. The third-order valence-corrected chi connectivity index (χ3v) is 5.39. The van der Waals surface area contributed by atoms with Crippen LogP contribution in [0.1, 0.15) is 34.0 Å². The van der Waals surface area contributed by atoms with E-state index in [-0.39, 0.29) is 28.4 Å². The number of hydrogen-bond donors (Lipinski definition) is 5. The van der Waals surface area contributed by atoms with E-state index in [9.17, 15) is 18.8 Å². The normalized spacial score (nSPS) is 12.1. The molecular weight excluding hydrogens is 429 g/mol. The van der Waals surface area contributed by atoms with Crippen LogP contribution in [0.15, 0.2) is 30.3 Å². The minimum Gasteiger partial charge on any atom is -0.480 e. The first-order chi connectivity index (χ1) is 14.4. The van der Waals surface area contributed by atoms with Crippen molar-refractivity contribution in [2.45, 2.75) is 26.3 Å². The van der Waals surface area contributed by atoms with Crippen LogP contribution in [-0.2, 0) is 16.0 Å². The number of carboxylic acid groups (broad SMARTS) is 1. The highest BCUT2D eigenvalue weighted by atomic mass is 32.1. The number of amidine groups is 1. The fourth-order valence-corrected chi connectivity index (χ4v) is 3.65. The molecule has 0 aliphatic heterocycles. The van der Waals surface area contributed by atoms with Gasteiger partial charge in [0.1, 0.15) is 16.8 Å². The lowest BCUT2D eigenvalue weighted by Crippen LogP contribution is -2.48. The quantitative estimate of drug-likeness (QED) is 0.167. The number of carbonyl (C=O) groups excluding carboxylic acids is 2. The number of nitrogens with two attached hydrogens (primary N) is 1. The van der Waals surface area contributed by atoms with E-state index in [1.165, 1.54) is 18.2 Å². The zero-order chi connectivity index (χ0) is 23.3. The van der Waals surface area contributed by atoms with Crippen molar-refractivity contribution in [3.05, 3.63) is 51.5 Å². The van der Waals surface area contributed by atoms with Gasteiger partial charge < -0.3 is 26.0 Å². The Hall–Kier alpha value is -3.31. The first-order valence-electron chi connectivity index (χ1n) is 9.04. The summed E-state index contributed by atoms with van der Waals surface area (Å²) in [7, 11) is 0. The van der Waals surface area contributed by atoms with Crippen LogP contribution in [0, 0.1) is 16.6 Å². The van der Waals surface area contributed by atoms with E-state index in [2.05, 4.69) is 5.32 Å². The number of aliphatic carboxylic acids is 1. The van der Waals surface area contributed by atoms with Gasteiger partial charge in [-0.2, -0.15) is 0 Å². The zero-order valence-electron chi connectivity index (χ0n) is 16.8. The predicted octanol–water partition coefficient (Wildman–Crippen LogP) is 1.52. The van der Waals surface area contributed by atoms with Crippen LogP contribution >= 0.6 is 11.3 Å². The number of aliphatic hydroxyl groups excluding tert-OH is 1. The largest absolute Gasteiger partial charge is 0.480 e. The average Bonchev–Trinajstić information content (AvgIpc) is 3.14. The Morgan fingerprint density at radius 3 is 2.52 bits per heavy atom. The number of nitrogen functional groups attached to an aromatic ring is 1. The molecule has 2 aromatic rings.